The zero-order valence-electron chi connectivity index (χ0n) is 17.3. The van der Waals surface area contributed by atoms with Gasteiger partial charge in [0.1, 0.15) is 17.4 Å². The normalized spacial score (nSPS) is 10.5. The first kappa shape index (κ1) is 21.3. The number of anilines is 1. The highest BCUT2D eigenvalue weighted by Gasteiger charge is 2.15. The highest BCUT2D eigenvalue weighted by molar-refractivity contribution is 7.14. The Hall–Kier alpha value is -3.44. The first-order valence-corrected chi connectivity index (χ1v) is 10.2. The maximum absolute atomic E-state index is 12.4. The van der Waals surface area contributed by atoms with Crippen molar-refractivity contribution in [3.63, 3.8) is 0 Å². The molecule has 0 aliphatic heterocycles. The highest BCUT2D eigenvalue weighted by atomic mass is 32.1. The third kappa shape index (κ3) is 4.42. The number of benzene rings is 1. The van der Waals surface area contributed by atoms with E-state index >= 15 is 0 Å². The monoisotopic (exact) mass is 422 g/mol. The predicted molar refractivity (Wildman–Crippen MR) is 117 cm³/mol. The number of amides is 1. The molecule has 3 aromatic rings. The van der Waals surface area contributed by atoms with E-state index in [9.17, 15) is 14.9 Å². The number of ether oxygens (including phenoxy) is 1. The van der Waals surface area contributed by atoms with Crippen LogP contribution in [-0.2, 0) is 11.2 Å². The third-order valence-electron chi connectivity index (χ3n) is 4.90. The van der Waals surface area contributed by atoms with Crippen LogP contribution in [0.2, 0.25) is 0 Å². The number of hydrogen-bond donors (Lipinski definition) is 2. The first-order chi connectivity index (χ1) is 14.3. The van der Waals surface area contributed by atoms with E-state index in [1.807, 2.05) is 36.6 Å². The topological polar surface area (TPSA) is 108 Å². The molecule has 3 rings (SSSR count). The average molecular weight is 423 g/mol. The molecule has 1 aromatic carbocycles. The van der Waals surface area contributed by atoms with Gasteiger partial charge in [-0.1, -0.05) is 11.6 Å². The predicted octanol–water partition coefficient (Wildman–Crippen LogP) is 3.88. The Morgan fingerprint density at radius 3 is 2.80 bits per heavy atom. The molecule has 2 heterocycles. The zero-order chi connectivity index (χ0) is 21.8. The van der Waals surface area contributed by atoms with Crippen molar-refractivity contribution in [2.45, 2.75) is 33.6 Å². The Morgan fingerprint density at radius 1 is 1.33 bits per heavy atom. The van der Waals surface area contributed by atoms with Crippen molar-refractivity contribution in [2.75, 3.05) is 12.4 Å². The molecule has 8 heteroatoms. The van der Waals surface area contributed by atoms with E-state index in [1.165, 1.54) is 11.3 Å². The van der Waals surface area contributed by atoms with Gasteiger partial charge >= 0.3 is 0 Å². The lowest BCUT2D eigenvalue weighted by atomic mass is 9.99. The van der Waals surface area contributed by atoms with Crippen molar-refractivity contribution in [2.24, 2.45) is 0 Å². The van der Waals surface area contributed by atoms with Crippen LogP contribution in [0.5, 0.6) is 5.75 Å². The van der Waals surface area contributed by atoms with Crippen molar-refractivity contribution >= 4 is 22.4 Å². The SMILES string of the molecule is COc1ccc(C)cc1-c1csc(NC(=O)CCc2c(C)[nH]c(=O)c(C#N)c2C)n1. The van der Waals surface area contributed by atoms with Gasteiger partial charge in [-0.25, -0.2) is 4.98 Å². The summed E-state index contributed by atoms with van der Waals surface area (Å²) < 4.78 is 5.41. The fourth-order valence-corrected chi connectivity index (χ4v) is 4.04. The Kier molecular flexibility index (Phi) is 6.33. The number of carbonyl (C=O) groups is 1. The van der Waals surface area contributed by atoms with Gasteiger partial charge in [-0.05, 0) is 50.5 Å². The van der Waals surface area contributed by atoms with Crippen LogP contribution in [0.4, 0.5) is 5.13 Å². The molecule has 0 fully saturated rings. The lowest BCUT2D eigenvalue weighted by Crippen LogP contribution is -2.18. The van der Waals surface area contributed by atoms with Crippen LogP contribution >= 0.6 is 11.3 Å². The third-order valence-corrected chi connectivity index (χ3v) is 5.66. The minimum Gasteiger partial charge on any atom is -0.496 e. The molecule has 0 atom stereocenters. The molecule has 0 saturated carbocycles. The molecule has 0 unspecified atom stereocenters. The Balaban J connectivity index is 1.71. The number of aryl methyl sites for hydroxylation is 2. The summed E-state index contributed by atoms with van der Waals surface area (Å²) in [6.07, 6.45) is 0.625. The second kappa shape index (κ2) is 8.93. The molecule has 0 aliphatic carbocycles. The molecule has 0 aliphatic rings. The summed E-state index contributed by atoms with van der Waals surface area (Å²) in [6.45, 7) is 5.50. The lowest BCUT2D eigenvalue weighted by molar-refractivity contribution is -0.116. The maximum Gasteiger partial charge on any atom is 0.266 e. The molecule has 2 aromatic heterocycles. The van der Waals surface area contributed by atoms with Gasteiger partial charge in [-0.2, -0.15) is 5.26 Å². The van der Waals surface area contributed by atoms with Crippen LogP contribution < -0.4 is 15.6 Å². The summed E-state index contributed by atoms with van der Waals surface area (Å²) in [5.74, 6) is 0.539. The van der Waals surface area contributed by atoms with Crippen LogP contribution in [0.1, 0.15) is 34.4 Å². The number of pyridine rings is 1. The maximum atomic E-state index is 12.4. The Labute approximate surface area is 178 Å². The number of hydrogen-bond acceptors (Lipinski definition) is 6. The van der Waals surface area contributed by atoms with Crippen LogP contribution in [0.15, 0.2) is 28.4 Å². The molecule has 7 nitrogen and oxygen atoms in total. The summed E-state index contributed by atoms with van der Waals surface area (Å²) in [6, 6.07) is 7.78. The molecule has 154 valence electrons. The van der Waals surface area contributed by atoms with E-state index in [4.69, 9.17) is 4.74 Å². The molecule has 0 saturated heterocycles. The largest absolute Gasteiger partial charge is 0.496 e. The van der Waals surface area contributed by atoms with Gasteiger partial charge in [-0.15, -0.1) is 11.3 Å². The number of thiazole rings is 1. The number of carbonyl (C=O) groups excluding carboxylic acids is 1. The van der Waals surface area contributed by atoms with Crippen molar-refractivity contribution in [3.05, 3.63) is 61.9 Å². The van der Waals surface area contributed by atoms with Crippen LogP contribution in [0, 0.1) is 32.1 Å². The quantitative estimate of drug-likeness (QED) is 0.627. The van der Waals surface area contributed by atoms with Gasteiger partial charge < -0.3 is 15.0 Å². The number of aromatic nitrogens is 2. The second-order valence-electron chi connectivity index (χ2n) is 6.96. The van der Waals surface area contributed by atoms with Crippen LogP contribution in [0.3, 0.4) is 0 Å². The van der Waals surface area contributed by atoms with Gasteiger partial charge in [0.2, 0.25) is 5.91 Å². The number of nitrogens with one attached hydrogen (secondary N) is 2. The summed E-state index contributed by atoms with van der Waals surface area (Å²) >= 11 is 1.34. The molecule has 0 spiro atoms. The number of aromatic amines is 1. The molecule has 0 bridgehead atoms. The smallest absolute Gasteiger partial charge is 0.266 e. The number of nitriles is 1. The average Bonchev–Trinajstić information content (AvgIpc) is 3.16. The van der Waals surface area contributed by atoms with Gasteiger partial charge in [0.05, 0.1) is 12.8 Å². The minimum atomic E-state index is -0.400. The van der Waals surface area contributed by atoms with Crippen molar-refractivity contribution in [1.29, 1.82) is 5.26 Å². The standard InChI is InChI=1S/C22H22N4O3S/c1-12-5-7-19(29-4)16(9-12)18-11-30-22(25-18)26-20(27)8-6-15-13(2)17(10-23)21(28)24-14(15)3/h5,7,9,11H,6,8H2,1-4H3,(H,24,28)(H,25,26,27). The van der Waals surface area contributed by atoms with Gasteiger partial charge in [0, 0.05) is 23.1 Å². The van der Waals surface area contributed by atoms with E-state index < -0.39 is 5.56 Å². The van der Waals surface area contributed by atoms with Crippen molar-refractivity contribution in [1.82, 2.24) is 9.97 Å². The molecule has 2 N–H and O–H groups in total. The first-order valence-electron chi connectivity index (χ1n) is 9.37. The summed E-state index contributed by atoms with van der Waals surface area (Å²) in [5, 5.41) is 14.4. The molecular weight excluding hydrogens is 400 g/mol. The Bertz CT molecular complexity index is 1200. The number of H-pyrrole nitrogens is 1. The number of nitrogens with zero attached hydrogens (tertiary/aromatic N) is 2. The lowest BCUT2D eigenvalue weighted by Gasteiger charge is -2.10. The second-order valence-corrected chi connectivity index (χ2v) is 7.82. The summed E-state index contributed by atoms with van der Waals surface area (Å²) in [5.41, 5.74) is 4.50. The molecule has 0 radical (unpaired) electrons. The van der Waals surface area contributed by atoms with Gasteiger partial charge in [0.25, 0.3) is 5.56 Å². The van der Waals surface area contributed by atoms with E-state index in [0.717, 1.165) is 28.1 Å². The molecule has 1 amide bonds. The van der Waals surface area contributed by atoms with Crippen LogP contribution in [-0.4, -0.2) is 23.0 Å². The van der Waals surface area contributed by atoms with E-state index in [2.05, 4.69) is 15.3 Å². The zero-order valence-corrected chi connectivity index (χ0v) is 18.1. The van der Waals surface area contributed by atoms with Crippen molar-refractivity contribution in [3.8, 4) is 23.1 Å². The van der Waals surface area contributed by atoms with E-state index in [1.54, 1.807) is 21.0 Å². The highest BCUT2D eigenvalue weighted by Crippen LogP contribution is 2.33. The van der Waals surface area contributed by atoms with E-state index in [-0.39, 0.29) is 17.9 Å². The minimum absolute atomic E-state index is 0.0904. The summed E-state index contributed by atoms with van der Waals surface area (Å²) in [7, 11) is 1.61. The van der Waals surface area contributed by atoms with Gasteiger partial charge in [-0.3, -0.25) is 9.59 Å². The van der Waals surface area contributed by atoms with Gasteiger partial charge in [0.15, 0.2) is 5.13 Å². The number of methoxy groups -OCH3 is 1. The van der Waals surface area contributed by atoms with Crippen molar-refractivity contribution < 1.29 is 9.53 Å². The fraction of sp³-hybridized carbons (Fsp3) is 0.273. The molecule has 30 heavy (non-hydrogen) atoms. The summed E-state index contributed by atoms with van der Waals surface area (Å²) in [4.78, 5) is 31.5. The Morgan fingerprint density at radius 2 is 2.10 bits per heavy atom. The number of rotatable bonds is 6. The molecular formula is C22H22N4O3S. The van der Waals surface area contributed by atoms with E-state index in [0.29, 0.717) is 22.8 Å². The van der Waals surface area contributed by atoms with Crippen LogP contribution in [0.25, 0.3) is 11.3 Å². The fourth-order valence-electron chi connectivity index (χ4n) is 3.32.